The molecule has 0 unspecified atom stereocenters. The molecule has 2 aromatic carbocycles. The SMILES string of the molecule is CCc1cccc(C)c1Nc1nccc(NCc2cccc(C)c2)n1. The van der Waals surface area contributed by atoms with E-state index in [4.69, 9.17) is 0 Å². The molecule has 1 aromatic heterocycles. The topological polar surface area (TPSA) is 49.8 Å². The summed E-state index contributed by atoms with van der Waals surface area (Å²) in [7, 11) is 0. The fraction of sp³-hybridized carbons (Fsp3) is 0.238. The molecule has 4 nitrogen and oxygen atoms in total. The van der Waals surface area contributed by atoms with Crippen molar-refractivity contribution in [3.05, 3.63) is 77.0 Å². The zero-order valence-corrected chi connectivity index (χ0v) is 15.0. The quantitative estimate of drug-likeness (QED) is 0.666. The maximum Gasteiger partial charge on any atom is 0.229 e. The van der Waals surface area contributed by atoms with Crippen molar-refractivity contribution in [1.82, 2.24) is 9.97 Å². The molecule has 0 bridgehead atoms. The molecule has 1 heterocycles. The Bertz CT molecular complexity index is 858. The third-order valence-electron chi connectivity index (χ3n) is 4.19. The van der Waals surface area contributed by atoms with Crippen LogP contribution < -0.4 is 10.6 Å². The van der Waals surface area contributed by atoms with Crippen LogP contribution >= 0.6 is 0 Å². The summed E-state index contributed by atoms with van der Waals surface area (Å²) in [5.41, 5.74) is 6.06. The summed E-state index contributed by atoms with van der Waals surface area (Å²) in [5, 5.41) is 6.74. The third kappa shape index (κ3) is 4.35. The Hall–Kier alpha value is -2.88. The van der Waals surface area contributed by atoms with Crippen LogP contribution in [0.2, 0.25) is 0 Å². The van der Waals surface area contributed by atoms with Gasteiger partial charge in [0.05, 0.1) is 0 Å². The minimum atomic E-state index is 0.609. The van der Waals surface area contributed by atoms with Gasteiger partial charge in [-0.2, -0.15) is 4.98 Å². The molecule has 25 heavy (non-hydrogen) atoms. The zero-order valence-electron chi connectivity index (χ0n) is 15.0. The van der Waals surface area contributed by atoms with E-state index in [1.807, 2.05) is 6.07 Å². The van der Waals surface area contributed by atoms with E-state index >= 15 is 0 Å². The third-order valence-corrected chi connectivity index (χ3v) is 4.19. The molecule has 0 atom stereocenters. The van der Waals surface area contributed by atoms with Gasteiger partial charge in [0.25, 0.3) is 0 Å². The molecule has 0 aliphatic heterocycles. The Balaban J connectivity index is 1.74. The Morgan fingerprint density at radius 2 is 1.84 bits per heavy atom. The second-order valence-electron chi connectivity index (χ2n) is 6.20. The predicted molar refractivity (Wildman–Crippen MR) is 104 cm³/mol. The van der Waals surface area contributed by atoms with Gasteiger partial charge in [-0.05, 0) is 43.0 Å². The molecular formula is C21H24N4. The Morgan fingerprint density at radius 1 is 1.00 bits per heavy atom. The maximum absolute atomic E-state index is 4.59. The lowest BCUT2D eigenvalue weighted by molar-refractivity contribution is 1.07. The normalized spacial score (nSPS) is 10.5. The van der Waals surface area contributed by atoms with Crippen molar-refractivity contribution in [3.8, 4) is 0 Å². The van der Waals surface area contributed by atoms with Crippen LogP contribution in [0.15, 0.2) is 54.7 Å². The van der Waals surface area contributed by atoms with Gasteiger partial charge in [0, 0.05) is 18.4 Å². The number of nitrogens with one attached hydrogen (secondary N) is 2. The highest BCUT2D eigenvalue weighted by Gasteiger charge is 2.07. The van der Waals surface area contributed by atoms with Gasteiger partial charge in [0.15, 0.2) is 0 Å². The van der Waals surface area contributed by atoms with Crippen LogP contribution in [0.1, 0.15) is 29.2 Å². The number of rotatable bonds is 6. The standard InChI is InChI=1S/C21H24N4/c1-4-18-10-6-8-16(3)20(18)25-21-22-12-11-19(24-21)23-14-17-9-5-7-15(2)13-17/h5-13H,4,14H2,1-3H3,(H2,22,23,24,25). The summed E-state index contributed by atoms with van der Waals surface area (Å²) in [6.07, 6.45) is 2.74. The van der Waals surface area contributed by atoms with Crippen molar-refractivity contribution in [2.75, 3.05) is 10.6 Å². The van der Waals surface area contributed by atoms with Gasteiger partial charge < -0.3 is 10.6 Å². The van der Waals surface area contributed by atoms with Crippen molar-refractivity contribution in [1.29, 1.82) is 0 Å². The highest BCUT2D eigenvalue weighted by Crippen LogP contribution is 2.24. The Kier molecular flexibility index (Phi) is 5.29. The van der Waals surface area contributed by atoms with Crippen molar-refractivity contribution in [2.45, 2.75) is 33.7 Å². The number of anilines is 3. The van der Waals surface area contributed by atoms with Crippen molar-refractivity contribution < 1.29 is 0 Å². The molecule has 3 aromatic rings. The van der Waals surface area contributed by atoms with Crippen LogP contribution in [0.5, 0.6) is 0 Å². The van der Waals surface area contributed by atoms with E-state index < -0.39 is 0 Å². The number of para-hydroxylation sites is 1. The number of aryl methyl sites for hydroxylation is 3. The first-order valence-electron chi connectivity index (χ1n) is 8.63. The second-order valence-corrected chi connectivity index (χ2v) is 6.20. The van der Waals surface area contributed by atoms with Crippen LogP contribution in [-0.2, 0) is 13.0 Å². The molecule has 0 radical (unpaired) electrons. The molecule has 0 saturated carbocycles. The first-order chi connectivity index (χ1) is 12.2. The smallest absolute Gasteiger partial charge is 0.229 e. The van der Waals surface area contributed by atoms with Gasteiger partial charge in [-0.25, -0.2) is 4.98 Å². The molecule has 0 aliphatic rings. The van der Waals surface area contributed by atoms with Crippen LogP contribution in [0.3, 0.4) is 0 Å². The van der Waals surface area contributed by atoms with E-state index in [2.05, 4.69) is 83.8 Å². The minimum absolute atomic E-state index is 0.609. The van der Waals surface area contributed by atoms with Gasteiger partial charge >= 0.3 is 0 Å². The first-order valence-corrected chi connectivity index (χ1v) is 8.63. The van der Waals surface area contributed by atoms with Crippen LogP contribution in [0, 0.1) is 13.8 Å². The maximum atomic E-state index is 4.59. The molecule has 0 aliphatic carbocycles. The van der Waals surface area contributed by atoms with E-state index in [-0.39, 0.29) is 0 Å². The van der Waals surface area contributed by atoms with Crippen LogP contribution in [-0.4, -0.2) is 9.97 Å². The number of hydrogen-bond donors (Lipinski definition) is 2. The average molecular weight is 332 g/mol. The molecule has 3 rings (SSSR count). The molecule has 0 spiro atoms. The predicted octanol–water partition coefficient (Wildman–Crippen LogP) is 5.01. The lowest BCUT2D eigenvalue weighted by Gasteiger charge is -2.13. The van der Waals surface area contributed by atoms with Gasteiger partial charge in [-0.3, -0.25) is 0 Å². The Labute approximate surface area is 149 Å². The van der Waals surface area contributed by atoms with Gasteiger partial charge in [0.1, 0.15) is 5.82 Å². The fourth-order valence-electron chi connectivity index (χ4n) is 2.85. The lowest BCUT2D eigenvalue weighted by atomic mass is 10.1. The highest BCUT2D eigenvalue weighted by atomic mass is 15.1. The molecule has 0 fully saturated rings. The average Bonchev–Trinajstić information content (AvgIpc) is 2.62. The van der Waals surface area contributed by atoms with Crippen molar-refractivity contribution >= 4 is 17.5 Å². The number of nitrogens with zero attached hydrogens (tertiary/aromatic N) is 2. The van der Waals surface area contributed by atoms with Crippen LogP contribution in [0.25, 0.3) is 0 Å². The van der Waals surface area contributed by atoms with Gasteiger partial charge in [-0.1, -0.05) is 55.0 Å². The minimum Gasteiger partial charge on any atom is -0.366 e. The summed E-state index contributed by atoms with van der Waals surface area (Å²) in [6.45, 7) is 7.09. The highest BCUT2D eigenvalue weighted by molar-refractivity contribution is 5.63. The first kappa shape index (κ1) is 17.0. The monoisotopic (exact) mass is 332 g/mol. The van der Waals surface area contributed by atoms with Gasteiger partial charge in [0.2, 0.25) is 5.95 Å². The summed E-state index contributed by atoms with van der Waals surface area (Å²) in [4.78, 5) is 8.95. The van der Waals surface area contributed by atoms with Crippen LogP contribution in [0.4, 0.5) is 17.5 Å². The van der Waals surface area contributed by atoms with E-state index in [9.17, 15) is 0 Å². The fourth-order valence-corrected chi connectivity index (χ4v) is 2.85. The Morgan fingerprint density at radius 3 is 2.64 bits per heavy atom. The van der Waals surface area contributed by atoms with E-state index in [0.29, 0.717) is 5.95 Å². The summed E-state index contributed by atoms with van der Waals surface area (Å²) < 4.78 is 0. The molecule has 0 amide bonds. The van der Waals surface area contributed by atoms with E-state index in [1.165, 1.54) is 22.3 Å². The largest absolute Gasteiger partial charge is 0.366 e. The van der Waals surface area contributed by atoms with Gasteiger partial charge in [-0.15, -0.1) is 0 Å². The molecule has 4 heteroatoms. The number of hydrogen-bond acceptors (Lipinski definition) is 4. The second kappa shape index (κ2) is 7.79. The molecular weight excluding hydrogens is 308 g/mol. The summed E-state index contributed by atoms with van der Waals surface area (Å²) in [5.74, 6) is 1.42. The zero-order chi connectivity index (χ0) is 17.6. The molecule has 0 saturated heterocycles. The summed E-state index contributed by atoms with van der Waals surface area (Å²) >= 11 is 0. The van der Waals surface area contributed by atoms with E-state index in [1.54, 1.807) is 6.20 Å². The molecule has 2 N–H and O–H groups in total. The molecule has 128 valence electrons. The lowest BCUT2D eigenvalue weighted by Crippen LogP contribution is -2.05. The van der Waals surface area contributed by atoms with Crippen molar-refractivity contribution in [2.24, 2.45) is 0 Å². The van der Waals surface area contributed by atoms with E-state index in [0.717, 1.165) is 24.5 Å². The number of aromatic nitrogens is 2. The number of benzene rings is 2. The van der Waals surface area contributed by atoms with Crippen molar-refractivity contribution in [3.63, 3.8) is 0 Å². The summed E-state index contributed by atoms with van der Waals surface area (Å²) in [6, 6.07) is 16.7.